The molecule has 0 amide bonds. The number of rotatable bonds is 2. The molecule has 0 heterocycles. The van der Waals surface area contributed by atoms with Gasteiger partial charge >= 0.3 is 0 Å². The molecule has 1 atom stereocenters. The maximum absolute atomic E-state index is 2.38. The van der Waals surface area contributed by atoms with Crippen molar-refractivity contribution in [2.75, 3.05) is 0 Å². The Kier molecular flexibility index (Phi) is 3.57. The van der Waals surface area contributed by atoms with Gasteiger partial charge < -0.3 is 0 Å². The Morgan fingerprint density at radius 1 is 0.909 bits per heavy atom. The summed E-state index contributed by atoms with van der Waals surface area (Å²) in [5, 5.41) is 1.01. The molecule has 0 aliphatic heterocycles. The van der Waals surface area contributed by atoms with Gasteiger partial charge in [0.15, 0.2) is 0 Å². The number of hydrogen-bond acceptors (Lipinski definition) is 0. The highest BCUT2D eigenvalue weighted by Crippen LogP contribution is 2.46. The van der Waals surface area contributed by atoms with E-state index < -0.39 is 0 Å². The quantitative estimate of drug-likeness (QED) is 0.557. The molecule has 1 unspecified atom stereocenters. The van der Waals surface area contributed by atoms with Crippen LogP contribution in [0.4, 0.5) is 0 Å². The van der Waals surface area contributed by atoms with Crippen molar-refractivity contribution in [1.82, 2.24) is 0 Å². The zero-order valence-electron chi connectivity index (χ0n) is 9.08. The lowest BCUT2D eigenvalue weighted by molar-refractivity contribution is 0.491. The molecule has 0 radical (unpaired) electrons. The smallest absolute Gasteiger partial charge is 0.0151 e. The summed E-state index contributed by atoms with van der Waals surface area (Å²) >= 11 is 0. The summed E-state index contributed by atoms with van der Waals surface area (Å²) in [4.78, 5) is 0. The van der Waals surface area contributed by atoms with Crippen molar-refractivity contribution in [3.05, 3.63) is 0 Å². The van der Waals surface area contributed by atoms with Crippen molar-refractivity contribution < 1.29 is 0 Å². The SMILES string of the molecule is CC(C)C(C)(C)PC(C)(C)C. The van der Waals surface area contributed by atoms with E-state index in [1.807, 2.05) is 0 Å². The molecule has 1 heteroatoms. The first-order valence-electron chi connectivity index (χ1n) is 4.44. The summed E-state index contributed by atoms with van der Waals surface area (Å²) in [6, 6.07) is 0. The molecular weight excluding hydrogens is 151 g/mol. The molecule has 0 fully saturated rings. The lowest BCUT2D eigenvalue weighted by Gasteiger charge is -2.36. The fourth-order valence-corrected chi connectivity index (χ4v) is 3.33. The molecule has 0 N–H and O–H groups in total. The van der Waals surface area contributed by atoms with Gasteiger partial charge in [-0.3, -0.25) is 0 Å². The van der Waals surface area contributed by atoms with Crippen LogP contribution in [0.3, 0.4) is 0 Å². The minimum atomic E-state index is 0.494. The fraction of sp³-hybridized carbons (Fsp3) is 1.00. The Bertz CT molecular complexity index is 117. The highest BCUT2D eigenvalue weighted by molar-refractivity contribution is 7.41. The molecule has 0 aromatic rings. The van der Waals surface area contributed by atoms with Crippen LogP contribution < -0.4 is 0 Å². The maximum atomic E-state index is 2.38. The zero-order valence-corrected chi connectivity index (χ0v) is 10.1. The van der Waals surface area contributed by atoms with E-state index in [0.29, 0.717) is 10.3 Å². The molecule has 0 aliphatic carbocycles. The van der Waals surface area contributed by atoms with Crippen LogP contribution in [-0.2, 0) is 0 Å². The molecule has 68 valence electrons. The molecule has 0 saturated carbocycles. The molecule has 0 aromatic carbocycles. The molecule has 0 nitrogen and oxygen atoms in total. The Morgan fingerprint density at radius 2 is 1.27 bits per heavy atom. The van der Waals surface area contributed by atoms with Crippen molar-refractivity contribution in [2.45, 2.75) is 58.8 Å². The minimum absolute atomic E-state index is 0.494. The highest BCUT2D eigenvalue weighted by atomic mass is 31.1. The van der Waals surface area contributed by atoms with E-state index in [1.54, 1.807) is 0 Å². The summed E-state index contributed by atoms with van der Waals surface area (Å²) in [5.74, 6) is 0.792. The van der Waals surface area contributed by atoms with Gasteiger partial charge in [0, 0.05) is 0 Å². The predicted molar refractivity (Wildman–Crippen MR) is 57.0 cm³/mol. The first-order valence-corrected chi connectivity index (χ1v) is 5.44. The number of hydrogen-bond donors (Lipinski definition) is 0. The van der Waals surface area contributed by atoms with Gasteiger partial charge in [0.25, 0.3) is 0 Å². The second-order valence-electron chi connectivity index (χ2n) is 5.25. The second-order valence-corrected chi connectivity index (χ2v) is 8.29. The largest absolute Gasteiger partial charge is 0.110 e. The van der Waals surface area contributed by atoms with E-state index in [1.165, 1.54) is 0 Å². The van der Waals surface area contributed by atoms with E-state index in [-0.39, 0.29) is 0 Å². The fourth-order valence-electron chi connectivity index (χ4n) is 1.11. The van der Waals surface area contributed by atoms with Crippen LogP contribution in [0, 0.1) is 5.92 Å². The van der Waals surface area contributed by atoms with Gasteiger partial charge in [0.05, 0.1) is 0 Å². The van der Waals surface area contributed by atoms with Crippen molar-refractivity contribution in [1.29, 1.82) is 0 Å². The third kappa shape index (κ3) is 4.80. The summed E-state index contributed by atoms with van der Waals surface area (Å²) < 4.78 is 0. The molecular formula is C10H23P. The van der Waals surface area contributed by atoms with Gasteiger partial charge in [-0.1, -0.05) is 48.5 Å². The third-order valence-electron chi connectivity index (χ3n) is 2.14. The Hall–Kier alpha value is 0.430. The average molecular weight is 174 g/mol. The highest BCUT2D eigenvalue weighted by Gasteiger charge is 2.27. The molecule has 11 heavy (non-hydrogen) atoms. The first-order chi connectivity index (χ1) is 4.65. The zero-order chi connectivity index (χ0) is 9.28. The van der Waals surface area contributed by atoms with Crippen LogP contribution >= 0.6 is 8.58 Å². The van der Waals surface area contributed by atoms with Crippen molar-refractivity contribution in [3.8, 4) is 0 Å². The van der Waals surface area contributed by atoms with Gasteiger partial charge in [0.1, 0.15) is 0 Å². The van der Waals surface area contributed by atoms with Gasteiger partial charge in [-0.15, -0.1) is 8.58 Å². The monoisotopic (exact) mass is 174 g/mol. The molecule has 0 spiro atoms. The van der Waals surface area contributed by atoms with E-state index in [0.717, 1.165) is 14.5 Å². The van der Waals surface area contributed by atoms with E-state index >= 15 is 0 Å². The Balaban J connectivity index is 4.13. The van der Waals surface area contributed by atoms with Crippen LogP contribution in [-0.4, -0.2) is 10.3 Å². The predicted octanol–water partition coefficient (Wildman–Crippen LogP) is 3.90. The van der Waals surface area contributed by atoms with Crippen LogP contribution in [0.5, 0.6) is 0 Å². The standard InChI is InChI=1S/C10H23P/c1-8(2)10(6,7)11-9(3,4)5/h8,11H,1-7H3. The van der Waals surface area contributed by atoms with Gasteiger partial charge in [0.2, 0.25) is 0 Å². The normalized spacial score (nSPS) is 15.3. The average Bonchev–Trinajstić information content (AvgIpc) is 1.56. The van der Waals surface area contributed by atoms with E-state index in [4.69, 9.17) is 0 Å². The minimum Gasteiger partial charge on any atom is -0.110 e. The summed E-state index contributed by atoms with van der Waals surface area (Å²) in [6.45, 7) is 16.4. The molecule has 0 aliphatic rings. The van der Waals surface area contributed by atoms with Crippen LogP contribution in [0.1, 0.15) is 48.5 Å². The Morgan fingerprint density at radius 3 is 1.36 bits per heavy atom. The lowest BCUT2D eigenvalue weighted by atomic mass is 9.99. The lowest BCUT2D eigenvalue weighted by Crippen LogP contribution is -2.26. The maximum Gasteiger partial charge on any atom is -0.0151 e. The van der Waals surface area contributed by atoms with Gasteiger partial charge in [-0.25, -0.2) is 0 Å². The topological polar surface area (TPSA) is 0 Å². The van der Waals surface area contributed by atoms with E-state index in [2.05, 4.69) is 48.5 Å². The summed E-state index contributed by atoms with van der Waals surface area (Å²) in [5.41, 5.74) is 0. The van der Waals surface area contributed by atoms with Crippen LogP contribution in [0.25, 0.3) is 0 Å². The molecule has 0 aromatic heterocycles. The molecule has 0 saturated heterocycles. The summed E-state index contributed by atoms with van der Waals surface area (Å²) in [7, 11) is 1.05. The Labute approximate surface area is 73.9 Å². The van der Waals surface area contributed by atoms with Gasteiger partial charge in [-0.05, 0) is 16.2 Å². The molecule has 0 rings (SSSR count). The summed E-state index contributed by atoms with van der Waals surface area (Å²) in [6.07, 6.45) is 0. The van der Waals surface area contributed by atoms with Crippen molar-refractivity contribution in [2.24, 2.45) is 5.92 Å². The van der Waals surface area contributed by atoms with Crippen LogP contribution in [0.15, 0.2) is 0 Å². The molecule has 0 bridgehead atoms. The third-order valence-corrected chi connectivity index (χ3v) is 4.11. The van der Waals surface area contributed by atoms with Crippen molar-refractivity contribution in [3.63, 3.8) is 0 Å². The second kappa shape index (κ2) is 3.44. The first kappa shape index (κ1) is 11.4. The van der Waals surface area contributed by atoms with Crippen LogP contribution in [0.2, 0.25) is 0 Å². The van der Waals surface area contributed by atoms with E-state index in [9.17, 15) is 0 Å². The van der Waals surface area contributed by atoms with Gasteiger partial charge in [-0.2, -0.15) is 0 Å². The van der Waals surface area contributed by atoms with Crippen molar-refractivity contribution >= 4 is 8.58 Å².